The number of pyridine rings is 1. The van der Waals surface area contributed by atoms with E-state index in [4.69, 9.17) is 10.9 Å². The van der Waals surface area contributed by atoms with Crippen molar-refractivity contribution in [3.8, 4) is 0 Å². The molecular weight excluding hydrogens is 256 g/mol. The first-order valence-electron chi connectivity index (χ1n) is 5.64. The number of hydrogen-bond donors (Lipinski definition) is 3. The maximum absolute atomic E-state index is 12.5. The van der Waals surface area contributed by atoms with E-state index in [0.29, 0.717) is 5.69 Å². The zero-order valence-electron chi connectivity index (χ0n) is 9.78. The van der Waals surface area contributed by atoms with E-state index in [1.807, 2.05) is 0 Å². The van der Waals surface area contributed by atoms with E-state index < -0.39 is 10.0 Å². The van der Waals surface area contributed by atoms with Gasteiger partial charge in [-0.25, -0.2) is 8.42 Å². The number of aliphatic hydroxyl groups is 1. The van der Waals surface area contributed by atoms with E-state index in [2.05, 4.69) is 10.4 Å². The molecule has 8 heteroatoms. The van der Waals surface area contributed by atoms with Gasteiger partial charge in [0.15, 0.2) is 0 Å². The third kappa shape index (κ3) is 2.46. The van der Waals surface area contributed by atoms with Crippen LogP contribution in [0.4, 0.5) is 5.69 Å². The first kappa shape index (κ1) is 13.2. The van der Waals surface area contributed by atoms with Gasteiger partial charge in [0.05, 0.1) is 12.3 Å². The molecule has 18 heavy (non-hydrogen) atoms. The highest BCUT2D eigenvalue weighted by Crippen LogP contribution is 2.33. The fourth-order valence-corrected chi connectivity index (χ4v) is 3.57. The molecule has 1 aliphatic carbocycles. The van der Waals surface area contributed by atoms with E-state index >= 15 is 0 Å². The predicted octanol–water partition coefficient (Wildman–Crippen LogP) is -0.487. The SMILES string of the molecule is NNc1ccncc1S(=O)(=O)N(CCO)C1CC1. The average Bonchev–Trinajstić information content (AvgIpc) is 3.19. The summed E-state index contributed by atoms with van der Waals surface area (Å²) in [4.78, 5) is 3.85. The molecule has 0 aliphatic heterocycles. The quantitative estimate of drug-likeness (QED) is 0.476. The second-order valence-corrected chi connectivity index (χ2v) is 5.95. The molecule has 0 unspecified atom stereocenters. The molecule has 0 spiro atoms. The summed E-state index contributed by atoms with van der Waals surface area (Å²) >= 11 is 0. The lowest BCUT2D eigenvalue weighted by Gasteiger charge is -2.21. The minimum Gasteiger partial charge on any atom is -0.395 e. The monoisotopic (exact) mass is 272 g/mol. The van der Waals surface area contributed by atoms with Crippen molar-refractivity contribution in [3.05, 3.63) is 18.5 Å². The molecule has 0 saturated heterocycles. The highest BCUT2D eigenvalue weighted by atomic mass is 32.2. The molecule has 4 N–H and O–H groups in total. The predicted molar refractivity (Wildman–Crippen MR) is 66.0 cm³/mol. The van der Waals surface area contributed by atoms with Gasteiger partial charge in [-0.15, -0.1) is 0 Å². The Labute approximate surface area is 106 Å². The summed E-state index contributed by atoms with van der Waals surface area (Å²) in [5, 5.41) is 8.99. The Kier molecular flexibility index (Phi) is 3.81. The highest BCUT2D eigenvalue weighted by Gasteiger charge is 2.38. The number of nitrogens with zero attached hydrogens (tertiary/aromatic N) is 2. The van der Waals surface area contributed by atoms with E-state index in [1.54, 1.807) is 0 Å². The zero-order valence-corrected chi connectivity index (χ0v) is 10.6. The smallest absolute Gasteiger partial charge is 0.247 e. The summed E-state index contributed by atoms with van der Waals surface area (Å²) in [5.74, 6) is 5.30. The summed E-state index contributed by atoms with van der Waals surface area (Å²) in [6, 6.07) is 1.48. The number of sulfonamides is 1. The van der Waals surface area contributed by atoms with Gasteiger partial charge < -0.3 is 10.5 Å². The van der Waals surface area contributed by atoms with E-state index in [1.165, 1.54) is 22.8 Å². The Balaban J connectivity index is 2.39. The molecule has 1 fully saturated rings. The lowest BCUT2D eigenvalue weighted by molar-refractivity contribution is 0.250. The maximum atomic E-state index is 12.5. The van der Waals surface area contributed by atoms with Gasteiger partial charge in [-0.3, -0.25) is 10.8 Å². The van der Waals surface area contributed by atoms with Gasteiger partial charge in [-0.2, -0.15) is 4.31 Å². The van der Waals surface area contributed by atoms with Crippen LogP contribution in [0.1, 0.15) is 12.8 Å². The summed E-state index contributed by atoms with van der Waals surface area (Å²) in [6.07, 6.45) is 4.37. The normalized spacial score (nSPS) is 15.9. The summed E-state index contributed by atoms with van der Waals surface area (Å²) in [5.41, 5.74) is 2.65. The Morgan fingerprint density at radius 3 is 2.83 bits per heavy atom. The van der Waals surface area contributed by atoms with Crippen LogP contribution < -0.4 is 11.3 Å². The zero-order chi connectivity index (χ0) is 13.2. The molecule has 1 saturated carbocycles. The number of anilines is 1. The molecule has 0 bridgehead atoms. The van der Waals surface area contributed by atoms with Crippen molar-refractivity contribution >= 4 is 15.7 Å². The minimum absolute atomic E-state index is 0.0204. The molecule has 0 aromatic carbocycles. The van der Waals surface area contributed by atoms with Crippen molar-refractivity contribution in [3.63, 3.8) is 0 Å². The number of hydrogen-bond acceptors (Lipinski definition) is 6. The van der Waals surface area contributed by atoms with Crippen LogP contribution in [0.25, 0.3) is 0 Å². The second kappa shape index (κ2) is 5.19. The van der Waals surface area contributed by atoms with Crippen LogP contribution in [0.15, 0.2) is 23.4 Å². The molecule has 7 nitrogen and oxygen atoms in total. The van der Waals surface area contributed by atoms with E-state index in [0.717, 1.165) is 12.8 Å². The van der Waals surface area contributed by atoms with Gasteiger partial charge in [0.2, 0.25) is 10.0 Å². The molecular formula is C10H16N4O3S. The van der Waals surface area contributed by atoms with Crippen molar-refractivity contribution < 1.29 is 13.5 Å². The van der Waals surface area contributed by atoms with Gasteiger partial charge >= 0.3 is 0 Å². The number of aliphatic hydroxyl groups excluding tert-OH is 1. The van der Waals surface area contributed by atoms with Crippen LogP contribution in [0.5, 0.6) is 0 Å². The maximum Gasteiger partial charge on any atom is 0.247 e. The van der Waals surface area contributed by atoms with Crippen molar-refractivity contribution in [2.45, 2.75) is 23.8 Å². The highest BCUT2D eigenvalue weighted by molar-refractivity contribution is 7.89. The number of hydrazine groups is 1. The van der Waals surface area contributed by atoms with Crippen molar-refractivity contribution in [2.75, 3.05) is 18.6 Å². The summed E-state index contributed by atoms with van der Waals surface area (Å²) in [7, 11) is -3.67. The van der Waals surface area contributed by atoms with E-state index in [-0.39, 0.29) is 24.1 Å². The molecule has 2 rings (SSSR count). The van der Waals surface area contributed by atoms with Crippen molar-refractivity contribution in [1.29, 1.82) is 0 Å². The molecule has 0 atom stereocenters. The van der Waals surface area contributed by atoms with Crippen LogP contribution in [0.2, 0.25) is 0 Å². The largest absolute Gasteiger partial charge is 0.395 e. The fourth-order valence-electron chi connectivity index (χ4n) is 1.79. The molecule has 1 aromatic rings. The van der Waals surface area contributed by atoms with Crippen molar-refractivity contribution in [2.24, 2.45) is 5.84 Å². The third-order valence-corrected chi connectivity index (χ3v) is 4.78. The third-order valence-electron chi connectivity index (χ3n) is 2.80. The van der Waals surface area contributed by atoms with E-state index in [9.17, 15) is 8.42 Å². The second-order valence-electron chi connectivity index (χ2n) is 4.09. The van der Waals surface area contributed by atoms with Crippen LogP contribution in [0.3, 0.4) is 0 Å². The van der Waals surface area contributed by atoms with Crippen LogP contribution >= 0.6 is 0 Å². The number of rotatable bonds is 6. The Hall–Kier alpha value is -1.22. The molecule has 100 valence electrons. The molecule has 1 aromatic heterocycles. The summed E-state index contributed by atoms with van der Waals surface area (Å²) < 4.78 is 26.2. The van der Waals surface area contributed by atoms with Gasteiger partial charge in [0, 0.05) is 25.0 Å². The number of nitrogens with two attached hydrogens (primary N) is 1. The number of aromatic nitrogens is 1. The van der Waals surface area contributed by atoms with Gasteiger partial charge in [-0.1, -0.05) is 0 Å². The van der Waals surface area contributed by atoms with Gasteiger partial charge in [-0.05, 0) is 18.9 Å². The molecule has 0 radical (unpaired) electrons. The number of nitrogens with one attached hydrogen (secondary N) is 1. The van der Waals surface area contributed by atoms with Crippen LogP contribution in [-0.4, -0.2) is 42.0 Å². The first-order chi connectivity index (χ1) is 8.61. The lowest BCUT2D eigenvalue weighted by Crippen LogP contribution is -2.36. The number of nitrogen functional groups attached to an aromatic ring is 1. The Morgan fingerprint density at radius 2 is 2.28 bits per heavy atom. The lowest BCUT2D eigenvalue weighted by atomic mass is 10.4. The molecule has 1 heterocycles. The van der Waals surface area contributed by atoms with Gasteiger partial charge in [0.1, 0.15) is 4.90 Å². The first-order valence-corrected chi connectivity index (χ1v) is 7.08. The molecule has 0 amide bonds. The minimum atomic E-state index is -3.67. The van der Waals surface area contributed by atoms with Crippen LogP contribution in [0, 0.1) is 0 Å². The Morgan fingerprint density at radius 1 is 1.56 bits per heavy atom. The average molecular weight is 272 g/mol. The Bertz CT molecular complexity index is 516. The summed E-state index contributed by atoms with van der Waals surface area (Å²) in [6.45, 7) is -0.118. The molecule has 1 aliphatic rings. The van der Waals surface area contributed by atoms with Gasteiger partial charge in [0.25, 0.3) is 0 Å². The fraction of sp³-hybridized carbons (Fsp3) is 0.500. The standard InChI is InChI=1S/C10H16N4O3S/c11-13-9-3-4-12-7-10(9)18(16,17)14(5-6-15)8-1-2-8/h3-4,7-8,15H,1-2,5-6,11H2,(H,12,13). The van der Waals surface area contributed by atoms with Crippen molar-refractivity contribution in [1.82, 2.24) is 9.29 Å². The topological polar surface area (TPSA) is 109 Å². The van der Waals surface area contributed by atoms with Crippen LogP contribution in [-0.2, 0) is 10.0 Å².